The predicted octanol–water partition coefficient (Wildman–Crippen LogP) is 0.264. The van der Waals surface area contributed by atoms with E-state index in [1.54, 1.807) is 0 Å². The van der Waals surface area contributed by atoms with Crippen LogP contribution < -0.4 is 5.56 Å². The number of hydrogen-bond donors (Lipinski definition) is 0. The van der Waals surface area contributed by atoms with E-state index >= 15 is 0 Å². The molecular weight excluding hydrogens is 188 g/mol. The van der Waals surface area contributed by atoms with Crippen LogP contribution in [0, 0.1) is 17.0 Å². The van der Waals surface area contributed by atoms with Crippen LogP contribution in [-0.4, -0.2) is 15.8 Å². The summed E-state index contributed by atoms with van der Waals surface area (Å²) in [5.74, 6) is 0. The van der Waals surface area contributed by atoms with E-state index in [0.717, 1.165) is 16.8 Å². The third kappa shape index (κ3) is 1.85. The lowest BCUT2D eigenvalue weighted by Gasteiger charge is -2.01. The molecule has 0 fully saturated rings. The minimum atomic E-state index is -0.587. The zero-order valence-corrected chi connectivity index (χ0v) is 7.47. The lowest BCUT2D eigenvalue weighted by molar-refractivity contribution is -0.385. The monoisotopic (exact) mass is 196 g/mol. The first-order valence-corrected chi connectivity index (χ1v) is 3.85. The van der Waals surface area contributed by atoms with E-state index in [0.29, 0.717) is 11.8 Å². The van der Waals surface area contributed by atoms with Gasteiger partial charge in [-0.15, -0.1) is 0 Å². The Morgan fingerprint density at radius 3 is 2.79 bits per heavy atom. The van der Waals surface area contributed by atoms with Crippen LogP contribution in [0.5, 0.6) is 0 Å². The fraction of sp³-hybridized carbons (Fsp3) is 0.250. The number of aryl methyl sites for hydroxylation is 1. The maximum Gasteiger partial charge on any atom is 0.288 e. The molecule has 0 radical (unpaired) electrons. The molecule has 1 heterocycles. The molecule has 0 aromatic carbocycles. The number of aromatic nitrogens is 1. The second kappa shape index (κ2) is 3.82. The van der Waals surface area contributed by atoms with E-state index in [4.69, 9.17) is 0 Å². The van der Waals surface area contributed by atoms with Crippen LogP contribution in [0.1, 0.15) is 5.56 Å². The average molecular weight is 196 g/mol. The summed E-state index contributed by atoms with van der Waals surface area (Å²) in [5, 5.41) is 10.5. The van der Waals surface area contributed by atoms with E-state index < -0.39 is 10.5 Å². The molecule has 1 aromatic rings. The summed E-state index contributed by atoms with van der Waals surface area (Å²) < 4.78 is 0.998. The highest BCUT2D eigenvalue weighted by Crippen LogP contribution is 2.13. The van der Waals surface area contributed by atoms with Crippen LogP contribution in [0.4, 0.5) is 5.69 Å². The van der Waals surface area contributed by atoms with Gasteiger partial charge in [0.2, 0.25) is 0 Å². The van der Waals surface area contributed by atoms with Crippen molar-refractivity contribution in [3.63, 3.8) is 0 Å². The Bertz CT molecular complexity index is 435. The van der Waals surface area contributed by atoms with Gasteiger partial charge in [-0.1, -0.05) is 0 Å². The van der Waals surface area contributed by atoms with Gasteiger partial charge in [-0.3, -0.25) is 14.9 Å². The summed E-state index contributed by atoms with van der Waals surface area (Å²) in [6.45, 7) is 1.31. The molecule has 0 bridgehead atoms. The SMILES string of the molecule is Cc1cc(=O)n(CC=O)cc1[N+](=O)[O-]. The molecule has 0 N–H and O–H groups in total. The van der Waals surface area contributed by atoms with Gasteiger partial charge in [0.15, 0.2) is 0 Å². The molecule has 1 rings (SSSR count). The van der Waals surface area contributed by atoms with Crippen LogP contribution in [0.25, 0.3) is 0 Å². The number of aldehydes is 1. The molecule has 0 aliphatic rings. The van der Waals surface area contributed by atoms with E-state index in [9.17, 15) is 19.7 Å². The molecule has 0 saturated carbocycles. The highest BCUT2D eigenvalue weighted by atomic mass is 16.6. The highest BCUT2D eigenvalue weighted by Gasteiger charge is 2.12. The molecule has 6 nitrogen and oxygen atoms in total. The van der Waals surface area contributed by atoms with Crippen LogP contribution in [0.15, 0.2) is 17.1 Å². The minimum Gasteiger partial charge on any atom is -0.302 e. The molecule has 0 saturated heterocycles. The molecule has 1 aromatic heterocycles. The van der Waals surface area contributed by atoms with Gasteiger partial charge in [0.25, 0.3) is 11.2 Å². The molecule has 14 heavy (non-hydrogen) atoms. The summed E-state index contributed by atoms with van der Waals surface area (Å²) >= 11 is 0. The third-order valence-corrected chi connectivity index (χ3v) is 1.77. The van der Waals surface area contributed by atoms with Gasteiger partial charge >= 0.3 is 0 Å². The molecule has 74 valence electrons. The standard InChI is InChI=1S/C8H8N2O4/c1-6-4-8(12)9(2-3-11)5-7(6)10(13)14/h3-5H,2H2,1H3. The predicted molar refractivity (Wildman–Crippen MR) is 48.2 cm³/mol. The fourth-order valence-electron chi connectivity index (χ4n) is 1.07. The van der Waals surface area contributed by atoms with Gasteiger partial charge < -0.3 is 9.36 Å². The van der Waals surface area contributed by atoms with Crippen LogP contribution in [0.3, 0.4) is 0 Å². The van der Waals surface area contributed by atoms with Crippen LogP contribution in [0.2, 0.25) is 0 Å². The van der Waals surface area contributed by atoms with Gasteiger partial charge in [-0.25, -0.2) is 0 Å². The first-order chi connectivity index (χ1) is 6.56. The average Bonchev–Trinajstić information content (AvgIpc) is 2.09. The molecule has 6 heteroatoms. The van der Waals surface area contributed by atoms with Crippen molar-refractivity contribution >= 4 is 12.0 Å². The Labute approximate surface area is 78.9 Å². The van der Waals surface area contributed by atoms with Gasteiger partial charge in [0, 0.05) is 11.6 Å². The topological polar surface area (TPSA) is 82.2 Å². The van der Waals surface area contributed by atoms with Crippen molar-refractivity contribution in [1.29, 1.82) is 0 Å². The van der Waals surface area contributed by atoms with Crippen molar-refractivity contribution < 1.29 is 9.72 Å². The summed E-state index contributed by atoms with van der Waals surface area (Å²) in [7, 11) is 0. The number of nitro groups is 1. The van der Waals surface area contributed by atoms with E-state index in [-0.39, 0.29) is 12.2 Å². The van der Waals surface area contributed by atoms with Gasteiger partial charge in [-0.05, 0) is 6.92 Å². The summed E-state index contributed by atoms with van der Waals surface area (Å²) in [6.07, 6.45) is 1.59. The van der Waals surface area contributed by atoms with Crippen LogP contribution >= 0.6 is 0 Å². The smallest absolute Gasteiger partial charge is 0.288 e. The maximum absolute atomic E-state index is 11.2. The Kier molecular flexibility index (Phi) is 2.76. The number of hydrogen-bond acceptors (Lipinski definition) is 4. The van der Waals surface area contributed by atoms with Crippen molar-refractivity contribution in [2.24, 2.45) is 0 Å². The maximum atomic E-state index is 11.2. The first kappa shape index (κ1) is 10.1. The molecule has 0 amide bonds. The van der Waals surface area contributed by atoms with Crippen LogP contribution in [-0.2, 0) is 11.3 Å². The van der Waals surface area contributed by atoms with E-state index in [1.807, 2.05) is 0 Å². The molecular formula is C8H8N2O4. The minimum absolute atomic E-state index is 0.161. The molecule has 0 spiro atoms. The molecule has 0 aliphatic heterocycles. The molecule has 0 atom stereocenters. The Balaban J connectivity index is 3.34. The molecule has 0 unspecified atom stereocenters. The Morgan fingerprint density at radius 2 is 2.29 bits per heavy atom. The second-order valence-electron chi connectivity index (χ2n) is 2.76. The van der Waals surface area contributed by atoms with Gasteiger partial charge in [0.05, 0.1) is 17.7 Å². The number of carbonyl (C=O) groups excluding carboxylic acids is 1. The lowest BCUT2D eigenvalue weighted by atomic mass is 10.2. The van der Waals surface area contributed by atoms with Crippen molar-refractivity contribution in [3.8, 4) is 0 Å². The highest BCUT2D eigenvalue weighted by molar-refractivity contribution is 5.49. The van der Waals surface area contributed by atoms with Crippen molar-refractivity contribution in [3.05, 3.63) is 38.3 Å². The summed E-state index contributed by atoms with van der Waals surface area (Å²) in [4.78, 5) is 31.3. The van der Waals surface area contributed by atoms with Crippen molar-refractivity contribution in [2.75, 3.05) is 0 Å². The zero-order chi connectivity index (χ0) is 10.7. The number of rotatable bonds is 3. The van der Waals surface area contributed by atoms with E-state index in [2.05, 4.69) is 0 Å². The first-order valence-electron chi connectivity index (χ1n) is 3.85. The van der Waals surface area contributed by atoms with Gasteiger partial charge in [0.1, 0.15) is 6.29 Å². The normalized spacial score (nSPS) is 9.79. The number of nitrogens with zero attached hydrogens (tertiary/aromatic N) is 2. The fourth-order valence-corrected chi connectivity index (χ4v) is 1.07. The largest absolute Gasteiger partial charge is 0.302 e. The Morgan fingerprint density at radius 1 is 1.64 bits per heavy atom. The summed E-state index contributed by atoms with van der Waals surface area (Å²) in [5.41, 5.74) is -0.284. The Hall–Kier alpha value is -1.98. The third-order valence-electron chi connectivity index (χ3n) is 1.77. The second-order valence-corrected chi connectivity index (χ2v) is 2.76. The van der Waals surface area contributed by atoms with Gasteiger partial charge in [-0.2, -0.15) is 0 Å². The summed E-state index contributed by atoms with van der Waals surface area (Å²) in [6, 6.07) is 1.14. The van der Waals surface area contributed by atoms with E-state index in [1.165, 1.54) is 6.92 Å². The molecule has 0 aliphatic carbocycles. The quantitative estimate of drug-likeness (QED) is 0.394. The zero-order valence-electron chi connectivity index (χ0n) is 7.47. The number of pyridine rings is 1. The van der Waals surface area contributed by atoms with Crippen molar-refractivity contribution in [2.45, 2.75) is 13.5 Å². The van der Waals surface area contributed by atoms with Crippen molar-refractivity contribution in [1.82, 2.24) is 4.57 Å². The lowest BCUT2D eigenvalue weighted by Crippen LogP contribution is -2.20. The number of carbonyl (C=O) groups is 1.